The number of nitro benzene ring substituents is 1. The van der Waals surface area contributed by atoms with E-state index in [1.165, 1.54) is 12.1 Å². The Hall–Kier alpha value is -2.16. The van der Waals surface area contributed by atoms with Crippen molar-refractivity contribution >= 4 is 27.2 Å². The van der Waals surface area contributed by atoms with Gasteiger partial charge >= 0.3 is 5.97 Å². The molecule has 9 heteroatoms. The fourth-order valence-electron chi connectivity index (χ4n) is 2.25. The number of carboxylic acids is 1. The maximum atomic E-state index is 11.6. The third-order valence-electron chi connectivity index (χ3n) is 3.33. The monoisotopic (exact) mass is 314 g/mol. The Morgan fingerprint density at radius 2 is 2.00 bits per heavy atom. The molecule has 1 heterocycles. The average molecular weight is 314 g/mol. The van der Waals surface area contributed by atoms with E-state index in [4.69, 9.17) is 5.11 Å². The minimum Gasteiger partial charge on any atom is -0.477 e. The van der Waals surface area contributed by atoms with Crippen molar-refractivity contribution in [1.82, 2.24) is 0 Å². The van der Waals surface area contributed by atoms with E-state index in [1.807, 2.05) is 0 Å². The van der Waals surface area contributed by atoms with Crippen molar-refractivity contribution in [2.45, 2.75) is 6.42 Å². The molecule has 0 unspecified atom stereocenters. The predicted molar refractivity (Wildman–Crippen MR) is 75.5 cm³/mol. The van der Waals surface area contributed by atoms with Crippen LogP contribution in [0.2, 0.25) is 0 Å². The topological polar surface area (TPSA) is 118 Å². The number of benzene rings is 1. The number of nitrogens with zero attached hydrogens (tertiary/aromatic N) is 2. The SMILES string of the molecule is O=C(O)c1cc(N2CCCS(=O)(=O)CC2)ccc1[N+](=O)[O-]. The fourth-order valence-corrected chi connectivity index (χ4v) is 3.52. The largest absolute Gasteiger partial charge is 0.477 e. The number of aromatic carboxylic acids is 1. The summed E-state index contributed by atoms with van der Waals surface area (Å²) in [5.74, 6) is -1.29. The lowest BCUT2D eigenvalue weighted by molar-refractivity contribution is -0.385. The Kier molecular flexibility index (Phi) is 4.12. The van der Waals surface area contributed by atoms with Crippen LogP contribution in [-0.2, 0) is 9.84 Å². The van der Waals surface area contributed by atoms with Gasteiger partial charge in [0.25, 0.3) is 5.69 Å². The van der Waals surface area contributed by atoms with Gasteiger partial charge in [-0.25, -0.2) is 13.2 Å². The quantitative estimate of drug-likeness (QED) is 0.651. The van der Waals surface area contributed by atoms with Crippen LogP contribution < -0.4 is 4.90 Å². The first-order valence-corrected chi connectivity index (χ1v) is 8.09. The summed E-state index contributed by atoms with van der Waals surface area (Å²) in [6, 6.07) is 3.80. The Morgan fingerprint density at radius 1 is 1.29 bits per heavy atom. The highest BCUT2D eigenvalue weighted by atomic mass is 32.2. The van der Waals surface area contributed by atoms with Crippen molar-refractivity contribution < 1.29 is 23.2 Å². The molecule has 1 aliphatic rings. The highest BCUT2D eigenvalue weighted by Crippen LogP contribution is 2.26. The lowest BCUT2D eigenvalue weighted by atomic mass is 10.1. The molecule has 2 rings (SSSR count). The van der Waals surface area contributed by atoms with E-state index in [0.29, 0.717) is 18.7 Å². The van der Waals surface area contributed by atoms with Crippen LogP contribution in [0, 0.1) is 10.1 Å². The molecule has 0 radical (unpaired) electrons. The van der Waals surface area contributed by atoms with Crippen LogP contribution in [0.5, 0.6) is 0 Å². The molecule has 114 valence electrons. The maximum absolute atomic E-state index is 11.6. The molecule has 0 saturated carbocycles. The molecule has 1 aromatic rings. The van der Waals surface area contributed by atoms with Crippen molar-refractivity contribution in [3.63, 3.8) is 0 Å². The summed E-state index contributed by atoms with van der Waals surface area (Å²) in [5.41, 5.74) is -0.395. The highest BCUT2D eigenvalue weighted by Gasteiger charge is 2.24. The average Bonchev–Trinajstić information content (AvgIpc) is 2.59. The molecule has 1 N–H and O–H groups in total. The third kappa shape index (κ3) is 3.48. The third-order valence-corrected chi connectivity index (χ3v) is 5.04. The van der Waals surface area contributed by atoms with E-state index >= 15 is 0 Å². The molecule has 0 aliphatic carbocycles. The lowest BCUT2D eigenvalue weighted by Crippen LogP contribution is -2.27. The van der Waals surface area contributed by atoms with Gasteiger partial charge in [-0.3, -0.25) is 10.1 Å². The highest BCUT2D eigenvalue weighted by molar-refractivity contribution is 7.91. The van der Waals surface area contributed by atoms with Gasteiger partial charge in [0, 0.05) is 24.8 Å². The maximum Gasteiger partial charge on any atom is 0.342 e. The molecule has 1 saturated heterocycles. The van der Waals surface area contributed by atoms with Crippen molar-refractivity contribution in [3.05, 3.63) is 33.9 Å². The lowest BCUT2D eigenvalue weighted by Gasteiger charge is -2.22. The standard InChI is InChI=1S/C12H14N2O6S/c15-12(16)10-8-9(2-3-11(10)14(17)18)13-4-1-6-21(19,20)7-5-13/h2-3,8H,1,4-7H2,(H,15,16). The molecule has 0 amide bonds. The van der Waals surface area contributed by atoms with Crippen LogP contribution >= 0.6 is 0 Å². The minimum absolute atomic E-state index is 0.00755. The zero-order valence-corrected chi connectivity index (χ0v) is 11.9. The van der Waals surface area contributed by atoms with Gasteiger partial charge in [0.2, 0.25) is 0 Å². The number of sulfone groups is 1. The van der Waals surface area contributed by atoms with Gasteiger partial charge in [-0.2, -0.15) is 0 Å². The van der Waals surface area contributed by atoms with Crippen LogP contribution in [0.25, 0.3) is 0 Å². The van der Waals surface area contributed by atoms with Crippen LogP contribution in [-0.4, -0.2) is 49.0 Å². The summed E-state index contributed by atoms with van der Waals surface area (Å²) in [6.45, 7) is 0.718. The summed E-state index contributed by atoms with van der Waals surface area (Å²) in [6.07, 6.45) is 0.446. The van der Waals surface area contributed by atoms with E-state index in [0.717, 1.165) is 6.07 Å². The molecule has 0 spiro atoms. The van der Waals surface area contributed by atoms with E-state index in [-0.39, 0.29) is 18.1 Å². The molecule has 8 nitrogen and oxygen atoms in total. The van der Waals surface area contributed by atoms with E-state index in [1.54, 1.807) is 4.90 Å². The summed E-state index contributed by atoms with van der Waals surface area (Å²) in [7, 11) is -3.07. The van der Waals surface area contributed by atoms with Crippen LogP contribution in [0.3, 0.4) is 0 Å². The van der Waals surface area contributed by atoms with Crippen molar-refractivity contribution in [1.29, 1.82) is 0 Å². The van der Waals surface area contributed by atoms with Crippen LogP contribution in [0.15, 0.2) is 18.2 Å². The van der Waals surface area contributed by atoms with Gasteiger partial charge in [-0.05, 0) is 18.6 Å². The van der Waals surface area contributed by atoms with E-state index in [9.17, 15) is 23.3 Å². The summed E-state index contributed by atoms with van der Waals surface area (Å²) in [5, 5.41) is 19.9. The zero-order valence-electron chi connectivity index (χ0n) is 11.1. The fraction of sp³-hybridized carbons (Fsp3) is 0.417. The molecule has 1 aromatic carbocycles. The van der Waals surface area contributed by atoms with Gasteiger partial charge in [-0.15, -0.1) is 0 Å². The second-order valence-electron chi connectivity index (χ2n) is 4.76. The van der Waals surface area contributed by atoms with Crippen LogP contribution in [0.1, 0.15) is 16.8 Å². The molecule has 1 fully saturated rings. The smallest absolute Gasteiger partial charge is 0.342 e. The Balaban J connectivity index is 2.34. The van der Waals surface area contributed by atoms with Crippen molar-refractivity contribution in [2.75, 3.05) is 29.5 Å². The number of nitro groups is 1. The second kappa shape index (κ2) is 5.68. The number of rotatable bonds is 3. The first kappa shape index (κ1) is 15.2. The summed E-state index contributed by atoms with van der Waals surface area (Å²) < 4.78 is 23.1. The molecule has 1 aliphatic heterocycles. The molecule has 0 atom stereocenters. The Bertz CT molecular complexity index is 685. The van der Waals surface area contributed by atoms with Gasteiger partial charge in [-0.1, -0.05) is 0 Å². The molecular weight excluding hydrogens is 300 g/mol. The predicted octanol–water partition coefficient (Wildman–Crippen LogP) is 0.918. The summed E-state index contributed by atoms with van der Waals surface area (Å²) >= 11 is 0. The number of anilines is 1. The molecular formula is C12H14N2O6S. The van der Waals surface area contributed by atoms with Gasteiger partial charge < -0.3 is 10.0 Å². The Morgan fingerprint density at radius 3 is 2.62 bits per heavy atom. The normalized spacial score (nSPS) is 18.0. The first-order chi connectivity index (χ1) is 9.80. The molecule has 0 aromatic heterocycles. The Labute approximate surface area is 121 Å². The van der Waals surface area contributed by atoms with Crippen LogP contribution in [0.4, 0.5) is 11.4 Å². The number of carbonyl (C=O) groups is 1. The van der Waals surface area contributed by atoms with E-state index in [2.05, 4.69) is 0 Å². The number of carboxylic acid groups (broad SMARTS) is 1. The molecule has 0 bridgehead atoms. The summed E-state index contributed by atoms with van der Waals surface area (Å²) in [4.78, 5) is 22.9. The van der Waals surface area contributed by atoms with Gasteiger partial charge in [0.05, 0.1) is 16.4 Å². The zero-order chi connectivity index (χ0) is 15.6. The van der Waals surface area contributed by atoms with Gasteiger partial charge in [0.1, 0.15) is 5.56 Å². The van der Waals surface area contributed by atoms with E-state index < -0.39 is 32.0 Å². The second-order valence-corrected chi connectivity index (χ2v) is 7.06. The van der Waals surface area contributed by atoms with Gasteiger partial charge in [0.15, 0.2) is 9.84 Å². The van der Waals surface area contributed by atoms with Crippen molar-refractivity contribution in [3.8, 4) is 0 Å². The molecule has 21 heavy (non-hydrogen) atoms. The van der Waals surface area contributed by atoms with Crippen molar-refractivity contribution in [2.24, 2.45) is 0 Å². The number of hydrogen-bond acceptors (Lipinski definition) is 6. The first-order valence-electron chi connectivity index (χ1n) is 6.27. The minimum atomic E-state index is -3.07. The number of hydrogen-bond donors (Lipinski definition) is 1.